The van der Waals surface area contributed by atoms with Crippen LogP contribution in [0.3, 0.4) is 0 Å². The molecule has 0 bridgehead atoms. The van der Waals surface area contributed by atoms with Gasteiger partial charge in [-0.1, -0.05) is 26.0 Å². The van der Waals surface area contributed by atoms with E-state index in [0.29, 0.717) is 18.0 Å². The van der Waals surface area contributed by atoms with Crippen LogP contribution in [0.2, 0.25) is 0 Å². The fraction of sp³-hybridized carbons (Fsp3) is 0.667. The zero-order valence-electron chi connectivity index (χ0n) is 13.9. The fourth-order valence-corrected chi connectivity index (χ4v) is 3.24. The third kappa shape index (κ3) is 4.72. The molecular weight excluding hydrogens is 260 g/mol. The zero-order valence-corrected chi connectivity index (χ0v) is 13.9. The van der Waals surface area contributed by atoms with Gasteiger partial charge in [0.25, 0.3) is 0 Å². The number of rotatable bonds is 6. The second kappa shape index (κ2) is 6.80. The number of nitrogens with one attached hydrogen (secondary N) is 1. The molecule has 0 spiro atoms. The van der Waals surface area contributed by atoms with Gasteiger partial charge in [-0.2, -0.15) is 0 Å². The van der Waals surface area contributed by atoms with Crippen LogP contribution in [0.1, 0.15) is 58.6 Å². The summed E-state index contributed by atoms with van der Waals surface area (Å²) in [6.07, 6.45) is 3.95. The molecule has 2 rings (SSSR count). The van der Waals surface area contributed by atoms with Gasteiger partial charge in [-0.25, -0.2) is 0 Å². The van der Waals surface area contributed by atoms with Crippen molar-refractivity contribution < 1.29 is 4.74 Å². The van der Waals surface area contributed by atoms with Crippen LogP contribution in [0, 0.1) is 5.41 Å². The highest BCUT2D eigenvalue weighted by Gasteiger charge is 2.31. The van der Waals surface area contributed by atoms with Crippen molar-refractivity contribution in [1.82, 2.24) is 5.32 Å². The molecular formula is C18H30N2O. The van der Waals surface area contributed by atoms with E-state index >= 15 is 0 Å². The van der Waals surface area contributed by atoms with Crippen LogP contribution >= 0.6 is 0 Å². The minimum Gasteiger partial charge on any atom is -0.491 e. The predicted octanol–water partition coefficient (Wildman–Crippen LogP) is 3.64. The lowest BCUT2D eigenvalue weighted by molar-refractivity contribution is 0.242. The predicted molar refractivity (Wildman–Crippen MR) is 88.6 cm³/mol. The van der Waals surface area contributed by atoms with Crippen LogP contribution in [0.25, 0.3) is 0 Å². The number of ether oxygens (including phenoxy) is 1. The first-order valence-electron chi connectivity index (χ1n) is 8.12. The fourth-order valence-electron chi connectivity index (χ4n) is 3.24. The van der Waals surface area contributed by atoms with Gasteiger partial charge in [0.1, 0.15) is 5.75 Å². The minimum absolute atomic E-state index is 0.195. The van der Waals surface area contributed by atoms with E-state index in [1.807, 2.05) is 19.9 Å². The quantitative estimate of drug-likeness (QED) is 0.841. The van der Waals surface area contributed by atoms with Crippen molar-refractivity contribution in [2.75, 3.05) is 6.54 Å². The van der Waals surface area contributed by atoms with E-state index < -0.39 is 0 Å². The zero-order chi connectivity index (χ0) is 15.5. The molecule has 0 saturated heterocycles. The first kappa shape index (κ1) is 16.3. The van der Waals surface area contributed by atoms with Crippen LogP contribution in [0.5, 0.6) is 5.75 Å². The summed E-state index contributed by atoms with van der Waals surface area (Å²) in [6.45, 7) is 9.41. The molecule has 0 heterocycles. The second-order valence-electron chi connectivity index (χ2n) is 7.30. The normalized spacial score (nSPS) is 22.5. The molecule has 0 radical (unpaired) electrons. The third-order valence-corrected chi connectivity index (χ3v) is 4.27. The highest BCUT2D eigenvalue weighted by atomic mass is 16.5. The van der Waals surface area contributed by atoms with Gasteiger partial charge < -0.3 is 15.8 Å². The van der Waals surface area contributed by atoms with Gasteiger partial charge in [-0.3, -0.25) is 0 Å². The Hall–Kier alpha value is -1.06. The maximum absolute atomic E-state index is 6.00. The number of hydrogen-bond donors (Lipinski definition) is 2. The molecule has 0 aromatic heterocycles. The molecule has 1 aliphatic rings. The Kier molecular flexibility index (Phi) is 5.28. The van der Waals surface area contributed by atoms with Crippen LogP contribution in [-0.4, -0.2) is 18.7 Å². The van der Waals surface area contributed by atoms with Crippen LogP contribution in [0.15, 0.2) is 24.3 Å². The molecule has 2 atom stereocenters. The molecule has 1 aromatic rings. The van der Waals surface area contributed by atoms with Crippen molar-refractivity contribution in [3.05, 3.63) is 29.8 Å². The lowest BCUT2D eigenvalue weighted by Crippen LogP contribution is -2.35. The molecule has 2 unspecified atom stereocenters. The van der Waals surface area contributed by atoms with Crippen molar-refractivity contribution in [3.8, 4) is 5.75 Å². The van der Waals surface area contributed by atoms with Gasteiger partial charge in [0.15, 0.2) is 0 Å². The minimum atomic E-state index is 0.195. The Morgan fingerprint density at radius 2 is 2.14 bits per heavy atom. The summed E-state index contributed by atoms with van der Waals surface area (Å²) in [4.78, 5) is 0. The van der Waals surface area contributed by atoms with E-state index in [9.17, 15) is 0 Å². The molecule has 3 N–H and O–H groups in total. The summed E-state index contributed by atoms with van der Waals surface area (Å²) in [7, 11) is 0. The van der Waals surface area contributed by atoms with Crippen molar-refractivity contribution in [2.24, 2.45) is 11.1 Å². The molecule has 1 fully saturated rings. The lowest BCUT2D eigenvalue weighted by atomic mass is 9.91. The van der Waals surface area contributed by atoms with Crippen LogP contribution in [0.4, 0.5) is 0 Å². The molecule has 0 amide bonds. The van der Waals surface area contributed by atoms with E-state index in [-0.39, 0.29) is 12.1 Å². The molecule has 3 heteroatoms. The van der Waals surface area contributed by atoms with Crippen LogP contribution in [-0.2, 0) is 0 Å². The smallest absolute Gasteiger partial charge is 0.120 e. The molecule has 3 nitrogen and oxygen atoms in total. The van der Waals surface area contributed by atoms with E-state index in [2.05, 4.69) is 37.4 Å². The van der Waals surface area contributed by atoms with Gasteiger partial charge in [0.05, 0.1) is 6.10 Å². The van der Waals surface area contributed by atoms with E-state index in [1.54, 1.807) is 0 Å². The average Bonchev–Trinajstić information content (AvgIpc) is 2.75. The largest absolute Gasteiger partial charge is 0.491 e. The molecule has 0 aliphatic heterocycles. The molecule has 1 aromatic carbocycles. The van der Waals surface area contributed by atoms with Crippen molar-refractivity contribution in [3.63, 3.8) is 0 Å². The second-order valence-corrected chi connectivity index (χ2v) is 7.30. The Morgan fingerprint density at radius 1 is 1.38 bits per heavy atom. The molecule has 1 saturated carbocycles. The summed E-state index contributed by atoms with van der Waals surface area (Å²) in [5, 5.41) is 3.74. The van der Waals surface area contributed by atoms with Gasteiger partial charge in [0.2, 0.25) is 0 Å². The van der Waals surface area contributed by atoms with Gasteiger partial charge in [0, 0.05) is 18.6 Å². The summed E-state index contributed by atoms with van der Waals surface area (Å²) in [6, 6.07) is 9.09. The van der Waals surface area contributed by atoms with Crippen molar-refractivity contribution in [2.45, 2.75) is 65.1 Å². The SMILES string of the molecule is CC(C)Oc1cccc(C(CN)NC2CCC(C)(C)C2)c1. The lowest BCUT2D eigenvalue weighted by Gasteiger charge is -2.24. The average molecular weight is 290 g/mol. The third-order valence-electron chi connectivity index (χ3n) is 4.27. The topological polar surface area (TPSA) is 47.3 Å². The van der Waals surface area contributed by atoms with E-state index in [1.165, 1.54) is 24.8 Å². The first-order chi connectivity index (χ1) is 9.89. The first-order valence-corrected chi connectivity index (χ1v) is 8.12. The molecule has 118 valence electrons. The van der Waals surface area contributed by atoms with E-state index in [0.717, 1.165) is 5.75 Å². The summed E-state index contributed by atoms with van der Waals surface area (Å²) in [5.74, 6) is 0.925. The monoisotopic (exact) mass is 290 g/mol. The standard InChI is InChI=1S/C18H30N2O/c1-13(2)21-16-7-5-6-14(10-16)17(12-19)20-15-8-9-18(3,4)11-15/h5-7,10,13,15,17,20H,8-9,11-12,19H2,1-4H3. The summed E-state index contributed by atoms with van der Waals surface area (Å²) < 4.78 is 5.78. The Morgan fingerprint density at radius 3 is 2.71 bits per heavy atom. The summed E-state index contributed by atoms with van der Waals surface area (Å²) >= 11 is 0. The maximum Gasteiger partial charge on any atom is 0.120 e. The number of benzene rings is 1. The number of nitrogens with two attached hydrogens (primary N) is 1. The van der Waals surface area contributed by atoms with E-state index in [4.69, 9.17) is 10.5 Å². The van der Waals surface area contributed by atoms with Crippen molar-refractivity contribution >= 4 is 0 Å². The Bertz CT molecular complexity index is 456. The molecule has 21 heavy (non-hydrogen) atoms. The summed E-state index contributed by atoms with van der Waals surface area (Å²) in [5.41, 5.74) is 7.68. The number of hydrogen-bond acceptors (Lipinski definition) is 3. The van der Waals surface area contributed by atoms with Gasteiger partial charge in [-0.05, 0) is 56.2 Å². The Labute approximate surface area is 129 Å². The Balaban J connectivity index is 2.03. The maximum atomic E-state index is 6.00. The highest BCUT2D eigenvalue weighted by molar-refractivity contribution is 5.31. The highest BCUT2D eigenvalue weighted by Crippen LogP contribution is 2.37. The van der Waals surface area contributed by atoms with Crippen LogP contribution < -0.4 is 15.8 Å². The van der Waals surface area contributed by atoms with Gasteiger partial charge in [-0.15, -0.1) is 0 Å². The van der Waals surface area contributed by atoms with Crippen molar-refractivity contribution in [1.29, 1.82) is 0 Å². The van der Waals surface area contributed by atoms with Gasteiger partial charge >= 0.3 is 0 Å². The molecule has 1 aliphatic carbocycles.